The van der Waals surface area contributed by atoms with Gasteiger partial charge in [-0.1, -0.05) is 13.8 Å². The summed E-state index contributed by atoms with van der Waals surface area (Å²) in [6.07, 6.45) is 4.84. The molecule has 0 fully saturated rings. The molecule has 2 aromatic rings. The second kappa shape index (κ2) is 5.68. The number of hydrogen-bond donors (Lipinski definition) is 2. The summed E-state index contributed by atoms with van der Waals surface area (Å²) in [6.45, 7) is 4.30. The average molecular weight is 274 g/mol. The number of nitrogens with one attached hydrogen (secondary N) is 1. The highest BCUT2D eigenvalue weighted by molar-refractivity contribution is 5.96. The number of hydrogen-bond acceptors (Lipinski definition) is 5. The number of nitrogen functional groups attached to an aromatic ring is 1. The number of rotatable bonds is 4. The molecule has 2 rings (SSSR count). The smallest absolute Gasteiger partial charge is 0.274 e. The van der Waals surface area contributed by atoms with Gasteiger partial charge in [-0.3, -0.25) is 4.79 Å². The van der Waals surface area contributed by atoms with Gasteiger partial charge < -0.3 is 15.6 Å². The number of nitrogens with two attached hydrogens (primary N) is 1. The van der Waals surface area contributed by atoms with Gasteiger partial charge in [0.25, 0.3) is 5.91 Å². The van der Waals surface area contributed by atoms with E-state index >= 15 is 0 Å². The zero-order chi connectivity index (χ0) is 14.7. The molecule has 2 aromatic heterocycles. The monoisotopic (exact) mass is 274 g/mol. The molecule has 7 nitrogen and oxygen atoms in total. The Hall–Kier alpha value is -2.44. The van der Waals surface area contributed by atoms with Crippen LogP contribution in [0, 0.1) is 0 Å². The molecule has 0 saturated heterocycles. The Morgan fingerprint density at radius 3 is 2.80 bits per heavy atom. The maximum Gasteiger partial charge on any atom is 0.274 e. The minimum absolute atomic E-state index is 0.137. The van der Waals surface area contributed by atoms with Crippen molar-refractivity contribution in [2.75, 3.05) is 12.8 Å². The summed E-state index contributed by atoms with van der Waals surface area (Å²) in [4.78, 5) is 29.3. The third-order valence-corrected chi connectivity index (χ3v) is 2.84. The molecule has 20 heavy (non-hydrogen) atoms. The van der Waals surface area contributed by atoms with E-state index in [4.69, 9.17) is 5.73 Å². The number of nitrogens with zero attached hydrogens (tertiary/aromatic N) is 4. The van der Waals surface area contributed by atoms with Gasteiger partial charge in [-0.25, -0.2) is 15.0 Å². The summed E-state index contributed by atoms with van der Waals surface area (Å²) in [5, 5.41) is 0. The zero-order valence-corrected chi connectivity index (χ0v) is 11.8. The van der Waals surface area contributed by atoms with Crippen molar-refractivity contribution in [1.29, 1.82) is 0 Å². The SMILES string of the molecule is CC(C)c1ncc(N)c(C(=O)N(C)Cc2ncc[nH]2)n1. The Labute approximate surface area is 117 Å². The summed E-state index contributed by atoms with van der Waals surface area (Å²) in [5.74, 6) is 1.20. The van der Waals surface area contributed by atoms with E-state index in [1.807, 2.05) is 13.8 Å². The predicted molar refractivity (Wildman–Crippen MR) is 74.9 cm³/mol. The van der Waals surface area contributed by atoms with E-state index < -0.39 is 0 Å². The molecule has 0 spiro atoms. The highest BCUT2D eigenvalue weighted by Gasteiger charge is 2.19. The fourth-order valence-corrected chi connectivity index (χ4v) is 1.72. The standard InChI is InChI=1S/C13H18N6O/c1-8(2)12-17-6-9(14)11(18-12)13(20)19(3)7-10-15-4-5-16-10/h4-6,8H,7,14H2,1-3H3,(H,15,16). The molecule has 0 aliphatic carbocycles. The molecule has 0 radical (unpaired) electrons. The van der Waals surface area contributed by atoms with Gasteiger partial charge in [0.05, 0.1) is 18.4 Å². The maximum atomic E-state index is 12.4. The van der Waals surface area contributed by atoms with Gasteiger partial charge in [0.1, 0.15) is 11.6 Å². The average Bonchev–Trinajstić information content (AvgIpc) is 2.91. The van der Waals surface area contributed by atoms with Crippen LogP contribution in [-0.4, -0.2) is 37.8 Å². The summed E-state index contributed by atoms with van der Waals surface area (Å²) >= 11 is 0. The molecular weight excluding hydrogens is 256 g/mol. The maximum absolute atomic E-state index is 12.4. The molecule has 0 bridgehead atoms. The van der Waals surface area contributed by atoms with E-state index in [1.54, 1.807) is 19.4 Å². The van der Waals surface area contributed by atoms with Crippen molar-refractivity contribution in [1.82, 2.24) is 24.8 Å². The number of aromatic amines is 1. The number of aromatic nitrogens is 4. The van der Waals surface area contributed by atoms with E-state index in [1.165, 1.54) is 11.1 Å². The molecular formula is C13H18N6O. The van der Waals surface area contributed by atoms with Gasteiger partial charge in [-0.15, -0.1) is 0 Å². The second-order valence-electron chi connectivity index (χ2n) is 4.88. The normalized spacial score (nSPS) is 10.8. The minimum atomic E-state index is -0.247. The van der Waals surface area contributed by atoms with Crippen LogP contribution >= 0.6 is 0 Å². The van der Waals surface area contributed by atoms with Crippen molar-refractivity contribution in [3.63, 3.8) is 0 Å². The fraction of sp³-hybridized carbons (Fsp3) is 0.385. The first-order chi connectivity index (χ1) is 9.49. The lowest BCUT2D eigenvalue weighted by Gasteiger charge is -2.17. The van der Waals surface area contributed by atoms with E-state index in [2.05, 4.69) is 19.9 Å². The van der Waals surface area contributed by atoms with Crippen LogP contribution in [0.2, 0.25) is 0 Å². The Kier molecular flexibility index (Phi) is 3.97. The Bertz CT molecular complexity index is 593. The first-order valence-corrected chi connectivity index (χ1v) is 6.35. The highest BCUT2D eigenvalue weighted by Crippen LogP contribution is 2.15. The van der Waals surface area contributed by atoms with Crippen molar-refractivity contribution >= 4 is 11.6 Å². The van der Waals surface area contributed by atoms with E-state index in [0.29, 0.717) is 18.2 Å². The van der Waals surface area contributed by atoms with Crippen LogP contribution in [0.15, 0.2) is 18.6 Å². The van der Waals surface area contributed by atoms with Crippen molar-refractivity contribution < 1.29 is 4.79 Å². The molecule has 7 heteroatoms. The number of amides is 1. The quantitative estimate of drug-likeness (QED) is 0.871. The largest absolute Gasteiger partial charge is 0.396 e. The zero-order valence-electron chi connectivity index (χ0n) is 11.8. The minimum Gasteiger partial charge on any atom is -0.396 e. The van der Waals surface area contributed by atoms with E-state index in [-0.39, 0.29) is 23.2 Å². The van der Waals surface area contributed by atoms with Crippen LogP contribution in [0.1, 0.15) is 41.9 Å². The van der Waals surface area contributed by atoms with Crippen LogP contribution in [0.4, 0.5) is 5.69 Å². The van der Waals surface area contributed by atoms with Gasteiger partial charge in [0.15, 0.2) is 5.69 Å². The molecule has 3 N–H and O–H groups in total. The second-order valence-corrected chi connectivity index (χ2v) is 4.88. The predicted octanol–water partition coefficient (Wildman–Crippen LogP) is 1.18. The van der Waals surface area contributed by atoms with Gasteiger partial charge >= 0.3 is 0 Å². The molecule has 0 saturated carbocycles. The fourth-order valence-electron chi connectivity index (χ4n) is 1.72. The van der Waals surface area contributed by atoms with Gasteiger partial charge in [-0.2, -0.15) is 0 Å². The van der Waals surface area contributed by atoms with Crippen LogP contribution < -0.4 is 5.73 Å². The van der Waals surface area contributed by atoms with Gasteiger partial charge in [0, 0.05) is 25.4 Å². The lowest BCUT2D eigenvalue weighted by molar-refractivity contribution is 0.0776. The van der Waals surface area contributed by atoms with Crippen LogP contribution in [0.5, 0.6) is 0 Å². The van der Waals surface area contributed by atoms with Crippen molar-refractivity contribution in [2.45, 2.75) is 26.3 Å². The first kappa shape index (κ1) is 14.0. The summed E-state index contributed by atoms with van der Waals surface area (Å²) in [5.41, 5.74) is 6.32. The molecule has 0 unspecified atom stereocenters. The molecule has 0 aromatic carbocycles. The topological polar surface area (TPSA) is 101 Å². The first-order valence-electron chi connectivity index (χ1n) is 6.35. The van der Waals surface area contributed by atoms with Crippen LogP contribution in [0.25, 0.3) is 0 Å². The lowest BCUT2D eigenvalue weighted by atomic mass is 10.2. The summed E-state index contributed by atoms with van der Waals surface area (Å²) < 4.78 is 0. The third kappa shape index (κ3) is 2.93. The van der Waals surface area contributed by atoms with E-state index in [0.717, 1.165) is 0 Å². The highest BCUT2D eigenvalue weighted by atomic mass is 16.2. The van der Waals surface area contributed by atoms with Gasteiger partial charge in [-0.05, 0) is 0 Å². The number of imidazole rings is 1. The Morgan fingerprint density at radius 2 is 2.20 bits per heavy atom. The molecule has 0 atom stereocenters. The molecule has 1 amide bonds. The van der Waals surface area contributed by atoms with Crippen molar-refractivity contribution in [2.24, 2.45) is 0 Å². The van der Waals surface area contributed by atoms with Crippen LogP contribution in [0.3, 0.4) is 0 Å². The molecule has 2 heterocycles. The number of carbonyl (C=O) groups excluding carboxylic acids is 1. The number of carbonyl (C=O) groups is 1. The molecule has 0 aliphatic rings. The Balaban J connectivity index is 2.21. The summed E-state index contributed by atoms with van der Waals surface area (Å²) in [7, 11) is 1.68. The lowest BCUT2D eigenvalue weighted by Crippen LogP contribution is -2.29. The van der Waals surface area contributed by atoms with E-state index in [9.17, 15) is 4.79 Å². The van der Waals surface area contributed by atoms with Gasteiger partial charge in [0.2, 0.25) is 0 Å². The van der Waals surface area contributed by atoms with Crippen molar-refractivity contribution in [3.05, 3.63) is 35.9 Å². The number of H-pyrrole nitrogens is 1. The van der Waals surface area contributed by atoms with Crippen molar-refractivity contribution in [3.8, 4) is 0 Å². The third-order valence-electron chi connectivity index (χ3n) is 2.84. The molecule has 106 valence electrons. The number of anilines is 1. The summed E-state index contributed by atoms with van der Waals surface area (Å²) in [6, 6.07) is 0. The van der Waals surface area contributed by atoms with Crippen LogP contribution in [-0.2, 0) is 6.54 Å². The Morgan fingerprint density at radius 1 is 1.45 bits per heavy atom. The molecule has 0 aliphatic heterocycles.